The minimum Gasteiger partial charge on any atom is -0.870 e. The summed E-state index contributed by atoms with van der Waals surface area (Å²) >= 11 is 0. The van der Waals surface area contributed by atoms with Gasteiger partial charge < -0.3 is 47.8 Å². The topological polar surface area (TPSA) is 382 Å². The zero-order valence-electron chi connectivity index (χ0n) is 33.1. The van der Waals surface area contributed by atoms with E-state index in [9.17, 15) is 31.0 Å². The Balaban J connectivity index is 0.00000422. The van der Waals surface area contributed by atoms with Crippen molar-refractivity contribution in [1.82, 2.24) is 0 Å². The number of nitrogens with zero attached hydrogens (tertiary/aromatic N) is 8. The van der Waals surface area contributed by atoms with Crippen LogP contribution in [-0.4, -0.2) is 40.2 Å². The number of nitrogen functional groups attached to an aromatic ring is 5. The molecule has 0 aromatic heterocycles. The molecule has 6 aromatic carbocycles. The fraction of sp³-hybridized carbons (Fsp3) is 0.0556. The number of azo groups is 4. The maximum atomic E-state index is 13.9. The molecule has 0 spiro atoms. The van der Waals surface area contributed by atoms with Gasteiger partial charge in [0, 0.05) is 17.5 Å². The molecule has 0 bridgehead atoms. The van der Waals surface area contributed by atoms with E-state index < -0.39 is 63.6 Å². The second kappa shape index (κ2) is 19.9. The van der Waals surface area contributed by atoms with Crippen LogP contribution >= 0.6 is 0 Å². The molecule has 0 atom stereocenters. The number of hydrogen-bond donors (Lipinski definition) is 6. The summed E-state index contributed by atoms with van der Waals surface area (Å²) in [6, 6.07) is 18.9. The van der Waals surface area contributed by atoms with Crippen LogP contribution in [0.25, 0.3) is 10.8 Å². The van der Waals surface area contributed by atoms with Crippen molar-refractivity contribution in [3.63, 3.8) is 0 Å². The number of nitrogens with two attached hydrogens (primary N) is 5. The molecule has 6 rings (SSSR count). The van der Waals surface area contributed by atoms with Crippen LogP contribution in [0.15, 0.2) is 136 Å². The van der Waals surface area contributed by atoms with Crippen molar-refractivity contribution < 1.29 is 99.6 Å². The van der Waals surface area contributed by atoms with Gasteiger partial charge in [-0.15, -0.1) is 20.5 Å². The Hall–Kier alpha value is -5.80. The van der Waals surface area contributed by atoms with Gasteiger partial charge in [0.15, 0.2) is 0 Å². The summed E-state index contributed by atoms with van der Waals surface area (Å²) in [5.41, 5.74) is 30.2. The number of benzene rings is 6. The van der Waals surface area contributed by atoms with Crippen molar-refractivity contribution in [2.45, 2.75) is 9.79 Å². The number of ether oxygens (including phenoxy) is 2. The van der Waals surface area contributed by atoms with Gasteiger partial charge in [-0.1, -0.05) is 5.75 Å². The molecule has 6 aromatic rings. The van der Waals surface area contributed by atoms with Gasteiger partial charge in [-0.25, -0.2) is 8.42 Å². The standard InChI is InChI=1S/C36H33N13O9S2.2Na/c1-57-28-15-26(22(37)13-24(28)39)46-42-18-3-7-20(8-4-18)44-48-34-30(59(51,52)53)11-17-12-31(60(54,55)56)35(36(50)32(17)33(34)41)49-45-21-9-5-19(6-10-21)43-47-27-16-29(58-2)25(40)14-23(27)38;;/h3-16,50H,37-41H2,1-2H3,(H,51,52,53)(H,54,55,56);;/q;2*+1/p-2. The van der Waals surface area contributed by atoms with E-state index >= 15 is 0 Å². The smallest absolute Gasteiger partial charge is 0.870 e. The third kappa shape index (κ3) is 11.0. The average molecular weight is 900 g/mol. The van der Waals surface area contributed by atoms with E-state index in [0.717, 1.165) is 6.07 Å². The fourth-order valence-corrected chi connectivity index (χ4v) is 6.74. The maximum Gasteiger partial charge on any atom is 1.00 e. The summed E-state index contributed by atoms with van der Waals surface area (Å²) in [6.45, 7) is 0. The van der Waals surface area contributed by atoms with E-state index in [1.807, 2.05) is 0 Å². The Morgan fingerprint density at radius 2 is 0.903 bits per heavy atom. The van der Waals surface area contributed by atoms with Crippen LogP contribution in [0.2, 0.25) is 0 Å². The molecule has 26 heteroatoms. The van der Waals surface area contributed by atoms with E-state index in [1.54, 1.807) is 0 Å². The zero-order valence-corrected chi connectivity index (χ0v) is 38.7. The van der Waals surface area contributed by atoms with Crippen molar-refractivity contribution in [3.8, 4) is 17.2 Å². The molecule has 0 aliphatic heterocycles. The molecule has 0 amide bonds. The van der Waals surface area contributed by atoms with E-state index in [4.69, 9.17) is 38.1 Å². The van der Waals surface area contributed by atoms with Gasteiger partial charge in [-0.2, -0.15) is 28.9 Å². The van der Waals surface area contributed by atoms with Crippen molar-refractivity contribution in [1.29, 1.82) is 0 Å². The number of methoxy groups -OCH3 is 2. The predicted octanol–water partition coefficient (Wildman–Crippen LogP) is 1.66. The molecule has 62 heavy (non-hydrogen) atoms. The maximum absolute atomic E-state index is 13.9. The Kier molecular flexibility index (Phi) is 15.7. The molecular formula is C36H31N13Na2O9S2. The van der Waals surface area contributed by atoms with Gasteiger partial charge >= 0.3 is 59.1 Å². The summed E-state index contributed by atoms with van der Waals surface area (Å²) in [7, 11) is -7.72. The summed E-state index contributed by atoms with van der Waals surface area (Å²) in [5, 5.41) is 44.9. The van der Waals surface area contributed by atoms with E-state index in [-0.39, 0.29) is 93.2 Å². The Morgan fingerprint density at radius 3 is 1.27 bits per heavy atom. The number of hydrogen-bond acceptors (Lipinski definition) is 21. The van der Waals surface area contributed by atoms with Gasteiger partial charge in [-0.05, 0) is 78.2 Å². The first kappa shape index (κ1) is 48.9. The van der Waals surface area contributed by atoms with E-state index in [0.29, 0.717) is 40.3 Å². The normalized spacial score (nSPS) is 12.0. The number of rotatable bonds is 12. The van der Waals surface area contributed by atoms with Crippen LogP contribution in [0.3, 0.4) is 0 Å². The van der Waals surface area contributed by atoms with Crippen molar-refractivity contribution >= 4 is 105 Å². The third-order valence-corrected chi connectivity index (χ3v) is 10.1. The molecule has 0 heterocycles. The Bertz CT molecular complexity index is 2830. The zero-order chi connectivity index (χ0) is 43.5. The van der Waals surface area contributed by atoms with Gasteiger partial charge in [0.1, 0.15) is 43.6 Å². The van der Waals surface area contributed by atoms with Gasteiger partial charge in [-0.3, -0.25) is 4.55 Å². The fourth-order valence-electron chi connectivity index (χ4n) is 5.42. The number of fused-ring (bicyclic) bond motifs is 1. The molecule has 0 aliphatic rings. The quantitative estimate of drug-likeness (QED) is 0.0440. The molecule has 308 valence electrons. The van der Waals surface area contributed by atoms with Crippen molar-refractivity contribution in [3.05, 3.63) is 84.9 Å². The molecule has 0 saturated carbocycles. The van der Waals surface area contributed by atoms with E-state index in [1.165, 1.54) is 87.0 Å². The van der Waals surface area contributed by atoms with Crippen LogP contribution < -0.4 is 102 Å². The minimum absolute atomic E-state index is 0. The van der Waals surface area contributed by atoms with Crippen molar-refractivity contribution in [2.24, 2.45) is 40.9 Å². The first-order valence-electron chi connectivity index (χ1n) is 16.7. The molecule has 11 N–H and O–H groups in total. The Labute approximate surface area is 397 Å². The van der Waals surface area contributed by atoms with Crippen LogP contribution in [0.5, 0.6) is 17.2 Å². The van der Waals surface area contributed by atoms with Crippen LogP contribution in [-0.2, 0) is 20.2 Å². The largest absolute Gasteiger partial charge is 1.00 e. The Morgan fingerprint density at radius 1 is 0.532 bits per heavy atom. The van der Waals surface area contributed by atoms with Crippen LogP contribution in [0.1, 0.15) is 0 Å². The molecular weight excluding hydrogens is 869 g/mol. The molecule has 22 nitrogen and oxygen atoms in total. The van der Waals surface area contributed by atoms with Crippen LogP contribution in [0.4, 0.5) is 73.9 Å². The van der Waals surface area contributed by atoms with E-state index in [2.05, 4.69) is 40.9 Å². The summed E-state index contributed by atoms with van der Waals surface area (Å²) < 4.78 is 82.5. The van der Waals surface area contributed by atoms with Gasteiger partial charge in [0.2, 0.25) is 0 Å². The summed E-state index contributed by atoms with van der Waals surface area (Å²) in [4.78, 5) is -2.09. The monoisotopic (exact) mass is 899 g/mol. The molecule has 0 fully saturated rings. The SMILES string of the molecule is COc1cc(N=Nc2ccc(N=Nc3c(S(=O)(=O)[O-])cc4cc(S(=O)(=O)O)c(N=Nc5ccc(N=Nc6cc(OC)c(N)cc6N)cc5)c([O-])c4c3N)cc2)c(N)cc1N.[Na+].[Na+]. The average Bonchev–Trinajstić information content (AvgIpc) is 3.19. The summed E-state index contributed by atoms with van der Waals surface area (Å²) in [6.07, 6.45) is 0. The predicted molar refractivity (Wildman–Crippen MR) is 219 cm³/mol. The first-order chi connectivity index (χ1) is 28.4. The van der Waals surface area contributed by atoms with Gasteiger partial charge in [0.05, 0.1) is 76.0 Å². The number of anilines is 5. The summed E-state index contributed by atoms with van der Waals surface area (Å²) in [5.74, 6) is -0.518. The first-order valence-corrected chi connectivity index (χ1v) is 19.6. The van der Waals surface area contributed by atoms with Crippen LogP contribution in [0, 0.1) is 0 Å². The molecule has 0 saturated heterocycles. The van der Waals surface area contributed by atoms with Gasteiger partial charge in [0.25, 0.3) is 10.1 Å². The molecule has 0 aliphatic carbocycles. The second-order valence-corrected chi connectivity index (χ2v) is 15.1. The minimum atomic E-state index is -5.38. The second-order valence-electron chi connectivity index (χ2n) is 12.4. The molecule has 0 unspecified atom stereocenters. The molecule has 0 radical (unpaired) electrons. The third-order valence-electron chi connectivity index (χ3n) is 8.38. The van der Waals surface area contributed by atoms with Crippen molar-refractivity contribution in [2.75, 3.05) is 42.9 Å².